The summed E-state index contributed by atoms with van der Waals surface area (Å²) >= 11 is 1.54. The van der Waals surface area contributed by atoms with Crippen LogP contribution in [0, 0.1) is 10.8 Å². The van der Waals surface area contributed by atoms with Crippen LogP contribution in [0.2, 0.25) is 0 Å². The third-order valence-corrected chi connectivity index (χ3v) is 3.03. The van der Waals surface area contributed by atoms with Crippen LogP contribution in [-0.4, -0.2) is 17.4 Å². The molecule has 4 nitrogen and oxygen atoms in total. The zero-order valence-electron chi connectivity index (χ0n) is 9.05. The van der Waals surface area contributed by atoms with Gasteiger partial charge in [-0.15, -0.1) is 11.3 Å². The van der Waals surface area contributed by atoms with Gasteiger partial charge in [-0.1, -0.05) is 12.1 Å². The van der Waals surface area contributed by atoms with Gasteiger partial charge >= 0.3 is 0 Å². The second kappa shape index (κ2) is 5.36. The maximum Gasteiger partial charge on any atom is 0.187 e. The summed E-state index contributed by atoms with van der Waals surface area (Å²) in [5.41, 5.74) is 1.90. The zero-order valence-corrected chi connectivity index (χ0v) is 9.87. The first-order valence-electron chi connectivity index (χ1n) is 5.11. The summed E-state index contributed by atoms with van der Waals surface area (Å²) in [7, 11) is 0. The molecule has 5 heteroatoms. The normalized spacial score (nSPS) is 11.8. The molecule has 0 fully saturated rings. The predicted molar refractivity (Wildman–Crippen MR) is 72.1 cm³/mol. The molecule has 0 spiro atoms. The Labute approximate surface area is 103 Å². The van der Waals surface area contributed by atoms with Gasteiger partial charge in [0.05, 0.1) is 5.92 Å². The van der Waals surface area contributed by atoms with Gasteiger partial charge in [0, 0.05) is 29.7 Å². The molecule has 2 aromatic rings. The first-order valence-corrected chi connectivity index (χ1v) is 5.99. The van der Waals surface area contributed by atoms with Crippen molar-refractivity contribution in [1.82, 2.24) is 4.98 Å². The molecule has 0 saturated carbocycles. The summed E-state index contributed by atoms with van der Waals surface area (Å²) in [5.74, 6) is -0.232. The second-order valence-corrected chi connectivity index (χ2v) is 4.34. The molecule has 0 atom stereocenters. The van der Waals surface area contributed by atoms with Crippen LogP contribution in [-0.2, 0) is 0 Å². The average molecular weight is 244 g/mol. The van der Waals surface area contributed by atoms with E-state index in [-0.39, 0.29) is 5.92 Å². The van der Waals surface area contributed by atoms with Crippen molar-refractivity contribution in [3.8, 4) is 0 Å². The molecule has 1 aromatic heterocycles. The molecule has 1 aromatic carbocycles. The maximum atomic E-state index is 7.21. The van der Waals surface area contributed by atoms with E-state index >= 15 is 0 Å². The quantitative estimate of drug-likeness (QED) is 0.706. The molecule has 0 unspecified atom stereocenters. The second-order valence-electron chi connectivity index (χ2n) is 3.44. The van der Waals surface area contributed by atoms with Gasteiger partial charge in [-0.2, -0.15) is 0 Å². The lowest BCUT2D eigenvalue weighted by Gasteiger charge is -2.07. The van der Waals surface area contributed by atoms with Crippen LogP contribution in [0.15, 0.2) is 35.8 Å². The smallest absolute Gasteiger partial charge is 0.187 e. The zero-order chi connectivity index (χ0) is 12.1. The molecule has 0 amide bonds. The van der Waals surface area contributed by atoms with Crippen molar-refractivity contribution in [2.24, 2.45) is 0 Å². The fourth-order valence-electron chi connectivity index (χ4n) is 1.44. The van der Waals surface area contributed by atoms with E-state index in [0.29, 0.717) is 0 Å². The van der Waals surface area contributed by atoms with Crippen molar-refractivity contribution in [3.05, 3.63) is 41.4 Å². The molecule has 0 bridgehead atoms. The molecular weight excluding hydrogens is 232 g/mol. The van der Waals surface area contributed by atoms with E-state index in [1.54, 1.807) is 17.5 Å². The minimum atomic E-state index is -0.232. The van der Waals surface area contributed by atoms with Crippen molar-refractivity contribution in [3.63, 3.8) is 0 Å². The largest absolute Gasteiger partial charge is 0.332 e. The van der Waals surface area contributed by atoms with Crippen molar-refractivity contribution in [2.75, 3.05) is 5.32 Å². The van der Waals surface area contributed by atoms with Crippen molar-refractivity contribution in [1.29, 1.82) is 10.8 Å². The first kappa shape index (κ1) is 11.5. The van der Waals surface area contributed by atoms with Gasteiger partial charge in [0.2, 0.25) is 0 Å². The fourth-order valence-corrected chi connectivity index (χ4v) is 1.99. The van der Waals surface area contributed by atoms with Crippen LogP contribution in [0.5, 0.6) is 0 Å². The lowest BCUT2D eigenvalue weighted by atomic mass is 10.0. The van der Waals surface area contributed by atoms with Crippen LogP contribution < -0.4 is 5.32 Å². The van der Waals surface area contributed by atoms with E-state index in [1.807, 2.05) is 29.6 Å². The van der Waals surface area contributed by atoms with E-state index in [2.05, 4.69) is 10.3 Å². The van der Waals surface area contributed by atoms with Gasteiger partial charge in [0.15, 0.2) is 5.13 Å². The van der Waals surface area contributed by atoms with E-state index in [4.69, 9.17) is 10.8 Å². The van der Waals surface area contributed by atoms with Crippen molar-refractivity contribution in [2.45, 2.75) is 5.92 Å². The Morgan fingerprint density at radius 1 is 1.18 bits per heavy atom. The number of nitrogens with one attached hydrogen (secondary N) is 3. The SMILES string of the molecule is N=CC(C=N)c1ccc(Nc2nccs2)cc1. The molecule has 0 aliphatic carbocycles. The standard InChI is InChI=1S/C12H12N4S/c13-7-10(8-14)9-1-3-11(4-2-9)16-12-15-5-6-17-12/h1-8,10,13-14H,(H,15,16). The Kier molecular flexibility index (Phi) is 3.62. The summed E-state index contributed by atoms with van der Waals surface area (Å²) in [5, 5.41) is 20.4. The highest BCUT2D eigenvalue weighted by molar-refractivity contribution is 7.13. The predicted octanol–water partition coefficient (Wildman–Crippen LogP) is 3.27. The van der Waals surface area contributed by atoms with E-state index in [9.17, 15) is 0 Å². The Morgan fingerprint density at radius 3 is 2.41 bits per heavy atom. The first-order chi connectivity index (χ1) is 8.33. The summed E-state index contributed by atoms with van der Waals surface area (Å²) in [6.45, 7) is 0. The Morgan fingerprint density at radius 2 is 1.88 bits per heavy atom. The van der Waals surface area contributed by atoms with Gasteiger partial charge in [-0.05, 0) is 17.7 Å². The van der Waals surface area contributed by atoms with Crippen molar-refractivity contribution >= 4 is 34.6 Å². The number of aromatic nitrogens is 1. The summed E-state index contributed by atoms with van der Waals surface area (Å²) in [4.78, 5) is 4.14. The molecule has 2 rings (SSSR count). The Balaban J connectivity index is 2.12. The number of benzene rings is 1. The third-order valence-electron chi connectivity index (χ3n) is 2.34. The number of hydrogen-bond donors (Lipinski definition) is 3. The fraction of sp³-hybridized carbons (Fsp3) is 0.0833. The van der Waals surface area contributed by atoms with Crippen LogP contribution >= 0.6 is 11.3 Å². The van der Waals surface area contributed by atoms with E-state index < -0.39 is 0 Å². The number of rotatable bonds is 5. The monoisotopic (exact) mass is 244 g/mol. The molecule has 0 aliphatic rings. The molecular formula is C12H12N4S. The molecule has 17 heavy (non-hydrogen) atoms. The van der Waals surface area contributed by atoms with Crippen molar-refractivity contribution < 1.29 is 0 Å². The molecule has 0 radical (unpaired) electrons. The molecule has 0 aliphatic heterocycles. The highest BCUT2D eigenvalue weighted by Crippen LogP contribution is 2.20. The van der Waals surface area contributed by atoms with E-state index in [0.717, 1.165) is 16.4 Å². The molecule has 0 saturated heterocycles. The topological polar surface area (TPSA) is 72.6 Å². The number of hydrogen-bond acceptors (Lipinski definition) is 5. The van der Waals surface area contributed by atoms with Crippen LogP contribution in [0.25, 0.3) is 0 Å². The van der Waals surface area contributed by atoms with E-state index in [1.165, 1.54) is 12.4 Å². The molecule has 86 valence electrons. The average Bonchev–Trinajstić information content (AvgIpc) is 2.86. The highest BCUT2D eigenvalue weighted by atomic mass is 32.1. The summed E-state index contributed by atoms with van der Waals surface area (Å²) < 4.78 is 0. The van der Waals surface area contributed by atoms with Gasteiger partial charge in [0.1, 0.15) is 0 Å². The highest BCUT2D eigenvalue weighted by Gasteiger charge is 2.04. The Bertz CT molecular complexity index is 482. The van der Waals surface area contributed by atoms with Gasteiger partial charge in [-0.3, -0.25) is 0 Å². The van der Waals surface area contributed by atoms with Gasteiger partial charge in [-0.25, -0.2) is 4.98 Å². The van der Waals surface area contributed by atoms with Gasteiger partial charge < -0.3 is 16.1 Å². The van der Waals surface area contributed by atoms with Crippen LogP contribution in [0.1, 0.15) is 11.5 Å². The Hall–Kier alpha value is -2.01. The van der Waals surface area contributed by atoms with Crippen LogP contribution in [0.3, 0.4) is 0 Å². The number of anilines is 2. The minimum absolute atomic E-state index is 0.232. The maximum absolute atomic E-state index is 7.21. The minimum Gasteiger partial charge on any atom is -0.332 e. The molecule has 3 N–H and O–H groups in total. The lowest BCUT2D eigenvalue weighted by molar-refractivity contribution is 1.22. The van der Waals surface area contributed by atoms with Crippen LogP contribution in [0.4, 0.5) is 10.8 Å². The molecule has 1 heterocycles. The third kappa shape index (κ3) is 2.76. The summed E-state index contributed by atoms with van der Waals surface area (Å²) in [6, 6.07) is 7.68. The lowest BCUT2D eigenvalue weighted by Crippen LogP contribution is -2.00. The number of nitrogens with zero attached hydrogens (tertiary/aromatic N) is 1. The van der Waals surface area contributed by atoms with Gasteiger partial charge in [0.25, 0.3) is 0 Å². The number of thiazole rings is 1. The summed E-state index contributed by atoms with van der Waals surface area (Å²) in [6.07, 6.45) is 4.27.